The van der Waals surface area contributed by atoms with Crippen LogP contribution in [0.1, 0.15) is 46.3 Å². The Balaban J connectivity index is 1.49. The highest BCUT2D eigenvalue weighted by Gasteiger charge is 2.28. The number of ether oxygens (including phenoxy) is 1. The zero-order valence-electron chi connectivity index (χ0n) is 16.0. The van der Waals surface area contributed by atoms with Crippen LogP contribution < -0.4 is 10.1 Å². The maximum atomic E-state index is 13.0. The van der Waals surface area contributed by atoms with Crippen molar-refractivity contribution >= 4 is 27.8 Å². The molecule has 0 aliphatic heterocycles. The minimum atomic E-state index is -0.164. The topological polar surface area (TPSA) is 67.3 Å². The molecule has 142 valence electrons. The van der Waals surface area contributed by atoms with Crippen LogP contribution in [-0.2, 0) is 6.42 Å². The molecule has 0 spiro atoms. The molecule has 0 saturated heterocycles. The lowest BCUT2D eigenvalue weighted by Gasteiger charge is -2.23. The van der Waals surface area contributed by atoms with Crippen molar-refractivity contribution in [2.24, 2.45) is 0 Å². The van der Waals surface area contributed by atoms with E-state index in [4.69, 9.17) is 9.15 Å². The molecule has 2 aromatic carbocycles. The predicted octanol–water partition coefficient (Wildman–Crippen LogP) is 5.04. The maximum Gasteiger partial charge on any atom is 0.287 e. The van der Waals surface area contributed by atoms with E-state index in [2.05, 4.69) is 16.4 Å². The first kappa shape index (κ1) is 16.9. The lowest BCUT2D eigenvalue weighted by atomic mass is 9.91. The summed E-state index contributed by atoms with van der Waals surface area (Å²) in [7, 11) is 1.68. The van der Waals surface area contributed by atoms with Crippen LogP contribution in [0.4, 0.5) is 0 Å². The van der Waals surface area contributed by atoms with Crippen molar-refractivity contribution in [3.05, 3.63) is 65.0 Å². The van der Waals surface area contributed by atoms with Crippen LogP contribution in [-0.4, -0.2) is 18.0 Å². The predicted molar refractivity (Wildman–Crippen MR) is 109 cm³/mol. The number of rotatable bonds is 3. The Bertz CT molecular complexity index is 1200. The van der Waals surface area contributed by atoms with Crippen molar-refractivity contribution in [2.75, 3.05) is 7.11 Å². The second kappa shape index (κ2) is 6.44. The van der Waals surface area contributed by atoms with Crippen LogP contribution in [0.15, 0.2) is 46.9 Å². The van der Waals surface area contributed by atoms with Gasteiger partial charge < -0.3 is 19.5 Å². The highest BCUT2D eigenvalue weighted by Crippen LogP contribution is 2.36. The van der Waals surface area contributed by atoms with Crippen LogP contribution in [0, 0.1) is 6.92 Å². The number of aromatic amines is 1. The third-order valence-electron chi connectivity index (χ3n) is 5.77. The summed E-state index contributed by atoms with van der Waals surface area (Å²) in [6.07, 6.45) is 2.93. The number of aromatic nitrogens is 1. The average Bonchev–Trinajstić information content (AvgIpc) is 3.26. The number of hydrogen-bond donors (Lipinski definition) is 2. The SMILES string of the molecule is COc1ccc2[nH]c3c(c2c1)CCC[C@H]3NC(=O)c1oc2ccccc2c1C. The summed E-state index contributed by atoms with van der Waals surface area (Å²) < 4.78 is 11.2. The Labute approximate surface area is 162 Å². The van der Waals surface area contributed by atoms with E-state index in [1.807, 2.05) is 43.3 Å². The van der Waals surface area contributed by atoms with Crippen molar-refractivity contribution in [1.82, 2.24) is 10.3 Å². The molecule has 1 aliphatic rings. The molecule has 2 N–H and O–H groups in total. The number of nitrogens with one attached hydrogen (secondary N) is 2. The molecule has 2 heterocycles. The molecule has 5 heteroatoms. The number of benzene rings is 2. The van der Waals surface area contributed by atoms with Crippen LogP contribution in [0.25, 0.3) is 21.9 Å². The molecular formula is C23H22N2O3. The molecule has 5 nitrogen and oxygen atoms in total. The fourth-order valence-corrected chi connectivity index (χ4v) is 4.33. The van der Waals surface area contributed by atoms with Crippen LogP contribution in [0.3, 0.4) is 0 Å². The Hall–Kier alpha value is -3.21. The Morgan fingerprint density at radius 3 is 2.89 bits per heavy atom. The summed E-state index contributed by atoms with van der Waals surface area (Å²) in [5.41, 5.74) is 5.06. The molecule has 0 unspecified atom stereocenters. The van der Waals surface area contributed by atoms with E-state index in [0.717, 1.165) is 52.8 Å². The van der Waals surface area contributed by atoms with Crippen molar-refractivity contribution in [2.45, 2.75) is 32.2 Å². The van der Waals surface area contributed by atoms with Gasteiger partial charge in [0.2, 0.25) is 0 Å². The molecule has 5 rings (SSSR count). The van der Waals surface area contributed by atoms with Crippen LogP contribution in [0.5, 0.6) is 5.75 Å². The largest absolute Gasteiger partial charge is 0.497 e. The van der Waals surface area contributed by atoms with E-state index in [-0.39, 0.29) is 11.9 Å². The molecule has 1 atom stereocenters. The monoisotopic (exact) mass is 374 g/mol. The average molecular weight is 374 g/mol. The van der Waals surface area contributed by atoms with Gasteiger partial charge in [0.05, 0.1) is 13.2 Å². The minimum Gasteiger partial charge on any atom is -0.497 e. The maximum absolute atomic E-state index is 13.0. The first-order valence-corrected chi connectivity index (χ1v) is 9.63. The van der Waals surface area contributed by atoms with E-state index in [1.54, 1.807) is 7.11 Å². The summed E-state index contributed by atoms with van der Waals surface area (Å²) in [5.74, 6) is 1.08. The number of hydrogen-bond acceptors (Lipinski definition) is 3. The normalized spacial score (nSPS) is 16.3. The second-order valence-electron chi connectivity index (χ2n) is 7.40. The van der Waals surface area contributed by atoms with Gasteiger partial charge in [-0.05, 0) is 56.0 Å². The van der Waals surface area contributed by atoms with Gasteiger partial charge in [-0.3, -0.25) is 4.79 Å². The number of amides is 1. The lowest BCUT2D eigenvalue weighted by Crippen LogP contribution is -2.31. The molecule has 1 aliphatic carbocycles. The van der Waals surface area contributed by atoms with Crippen LogP contribution in [0.2, 0.25) is 0 Å². The molecule has 0 fully saturated rings. The number of para-hydroxylation sites is 1. The first-order chi connectivity index (χ1) is 13.7. The van der Waals surface area contributed by atoms with Crippen LogP contribution >= 0.6 is 0 Å². The Kier molecular flexibility index (Phi) is 3.90. The number of fused-ring (bicyclic) bond motifs is 4. The second-order valence-corrected chi connectivity index (χ2v) is 7.40. The molecule has 2 aromatic heterocycles. The number of furan rings is 1. The van der Waals surface area contributed by atoms with Crippen molar-refractivity contribution < 1.29 is 13.9 Å². The third-order valence-corrected chi connectivity index (χ3v) is 5.77. The molecule has 0 radical (unpaired) electrons. The number of carbonyl (C=O) groups excluding carboxylic acids is 1. The Morgan fingerprint density at radius 1 is 1.21 bits per heavy atom. The van der Waals surface area contributed by atoms with E-state index in [0.29, 0.717) is 5.76 Å². The highest BCUT2D eigenvalue weighted by molar-refractivity contribution is 5.99. The van der Waals surface area contributed by atoms with E-state index >= 15 is 0 Å². The summed E-state index contributed by atoms with van der Waals surface area (Å²) in [4.78, 5) is 16.5. The molecular weight excluding hydrogens is 352 g/mol. The highest BCUT2D eigenvalue weighted by atomic mass is 16.5. The van der Waals surface area contributed by atoms with Gasteiger partial charge in [-0.2, -0.15) is 0 Å². The number of aryl methyl sites for hydroxylation is 2. The number of methoxy groups -OCH3 is 1. The summed E-state index contributed by atoms with van der Waals surface area (Å²) >= 11 is 0. The fourth-order valence-electron chi connectivity index (χ4n) is 4.33. The van der Waals surface area contributed by atoms with Gasteiger partial charge in [-0.15, -0.1) is 0 Å². The van der Waals surface area contributed by atoms with E-state index < -0.39 is 0 Å². The van der Waals surface area contributed by atoms with Gasteiger partial charge in [-0.1, -0.05) is 18.2 Å². The molecule has 4 aromatic rings. The van der Waals surface area contributed by atoms with Gasteiger partial charge in [0.25, 0.3) is 5.91 Å². The quantitative estimate of drug-likeness (QED) is 0.528. The van der Waals surface area contributed by atoms with Gasteiger partial charge >= 0.3 is 0 Å². The van der Waals surface area contributed by atoms with Crippen molar-refractivity contribution in [3.63, 3.8) is 0 Å². The fraction of sp³-hybridized carbons (Fsp3) is 0.261. The van der Waals surface area contributed by atoms with Crippen molar-refractivity contribution in [1.29, 1.82) is 0 Å². The third kappa shape index (κ3) is 2.58. The van der Waals surface area contributed by atoms with E-state index in [9.17, 15) is 4.79 Å². The van der Waals surface area contributed by atoms with E-state index in [1.165, 1.54) is 10.9 Å². The summed E-state index contributed by atoms with van der Waals surface area (Å²) in [6, 6.07) is 13.8. The molecule has 28 heavy (non-hydrogen) atoms. The van der Waals surface area contributed by atoms with Crippen molar-refractivity contribution in [3.8, 4) is 5.75 Å². The lowest BCUT2D eigenvalue weighted by molar-refractivity contribution is 0.0905. The first-order valence-electron chi connectivity index (χ1n) is 9.63. The summed E-state index contributed by atoms with van der Waals surface area (Å²) in [6.45, 7) is 1.93. The van der Waals surface area contributed by atoms with Gasteiger partial charge in [0.1, 0.15) is 11.3 Å². The van der Waals surface area contributed by atoms with Gasteiger partial charge in [0, 0.05) is 27.5 Å². The number of carbonyl (C=O) groups is 1. The smallest absolute Gasteiger partial charge is 0.287 e. The summed E-state index contributed by atoms with van der Waals surface area (Å²) in [5, 5.41) is 5.34. The number of H-pyrrole nitrogens is 1. The Morgan fingerprint density at radius 2 is 2.07 bits per heavy atom. The minimum absolute atomic E-state index is 0.0535. The molecule has 1 amide bonds. The zero-order chi connectivity index (χ0) is 19.3. The molecule has 0 bridgehead atoms. The molecule has 0 saturated carbocycles. The van der Waals surface area contributed by atoms with Gasteiger partial charge in [0.15, 0.2) is 5.76 Å². The zero-order valence-corrected chi connectivity index (χ0v) is 16.0. The van der Waals surface area contributed by atoms with Gasteiger partial charge in [-0.25, -0.2) is 0 Å². The standard InChI is InChI=1S/C23H22N2O3/c1-13-15-6-3-4-9-20(15)28-22(13)23(26)25-19-8-5-7-16-17-12-14(27-2)10-11-18(17)24-21(16)19/h3-4,6,9-12,19,24H,5,7-8H2,1-2H3,(H,25,26)/t19-/m1/s1.